The Morgan fingerprint density at radius 2 is 1.62 bits per heavy atom. The van der Waals surface area contributed by atoms with Crippen LogP contribution in [0.5, 0.6) is 11.5 Å². The molecular formula is C22H28ClN3O3+2. The van der Waals surface area contributed by atoms with Gasteiger partial charge in [-0.25, -0.2) is 0 Å². The summed E-state index contributed by atoms with van der Waals surface area (Å²) in [5.74, 6) is 1.87. The number of quaternary nitrogens is 2. The van der Waals surface area contributed by atoms with Crippen molar-refractivity contribution in [3.8, 4) is 11.5 Å². The zero-order valence-electron chi connectivity index (χ0n) is 16.7. The van der Waals surface area contributed by atoms with Gasteiger partial charge in [0.25, 0.3) is 5.91 Å². The number of carbonyl (C=O) groups is 1. The van der Waals surface area contributed by atoms with Gasteiger partial charge in [0.1, 0.15) is 32.7 Å². The van der Waals surface area contributed by atoms with Crippen LogP contribution in [0.2, 0.25) is 5.02 Å². The molecule has 0 aliphatic carbocycles. The third-order valence-corrected chi connectivity index (χ3v) is 5.97. The van der Waals surface area contributed by atoms with Gasteiger partial charge in [0.2, 0.25) is 6.79 Å². The molecule has 1 fully saturated rings. The first-order chi connectivity index (χ1) is 14.1. The molecule has 0 radical (unpaired) electrons. The van der Waals surface area contributed by atoms with Crippen LogP contribution in [0.3, 0.4) is 0 Å². The Morgan fingerprint density at radius 1 is 0.966 bits per heavy atom. The van der Waals surface area contributed by atoms with Gasteiger partial charge >= 0.3 is 0 Å². The SMILES string of the molecule is CN(Cc1ccc(Cl)cc1)C(=O)C[NH+]1CC[NH+](Cc2ccc3c(c2)OCO3)CC1. The third kappa shape index (κ3) is 5.21. The van der Waals surface area contributed by atoms with Gasteiger partial charge in [-0.05, 0) is 35.9 Å². The van der Waals surface area contributed by atoms with Crippen molar-refractivity contribution in [2.75, 3.05) is 46.6 Å². The second-order valence-electron chi connectivity index (χ2n) is 7.92. The van der Waals surface area contributed by atoms with Gasteiger partial charge in [0.05, 0.1) is 0 Å². The first-order valence-corrected chi connectivity index (χ1v) is 10.5. The fourth-order valence-corrected chi connectivity index (χ4v) is 4.08. The van der Waals surface area contributed by atoms with Crippen LogP contribution in [0.25, 0.3) is 0 Å². The van der Waals surface area contributed by atoms with E-state index in [1.807, 2.05) is 42.3 Å². The van der Waals surface area contributed by atoms with Crippen LogP contribution in [0.4, 0.5) is 0 Å². The Bertz CT molecular complexity index is 851. The van der Waals surface area contributed by atoms with Crippen LogP contribution in [0.1, 0.15) is 11.1 Å². The summed E-state index contributed by atoms with van der Waals surface area (Å²) in [6.45, 7) is 6.63. The lowest BCUT2D eigenvalue weighted by Crippen LogP contribution is -3.28. The second-order valence-corrected chi connectivity index (χ2v) is 8.35. The van der Waals surface area contributed by atoms with Crippen molar-refractivity contribution in [2.24, 2.45) is 0 Å². The summed E-state index contributed by atoms with van der Waals surface area (Å²) < 4.78 is 10.9. The van der Waals surface area contributed by atoms with Crippen LogP contribution < -0.4 is 19.3 Å². The predicted molar refractivity (Wildman–Crippen MR) is 110 cm³/mol. The molecule has 0 spiro atoms. The number of nitrogens with zero attached hydrogens (tertiary/aromatic N) is 1. The average molecular weight is 418 g/mol. The molecule has 0 aromatic heterocycles. The predicted octanol–water partition coefficient (Wildman–Crippen LogP) is 0.0107. The highest BCUT2D eigenvalue weighted by atomic mass is 35.5. The van der Waals surface area contributed by atoms with E-state index in [2.05, 4.69) is 12.1 Å². The summed E-state index contributed by atoms with van der Waals surface area (Å²) in [6, 6.07) is 13.9. The zero-order chi connectivity index (χ0) is 20.2. The van der Waals surface area contributed by atoms with Crippen molar-refractivity contribution in [2.45, 2.75) is 13.1 Å². The fourth-order valence-electron chi connectivity index (χ4n) is 3.95. The molecular weight excluding hydrogens is 390 g/mol. The van der Waals surface area contributed by atoms with Crippen molar-refractivity contribution in [1.82, 2.24) is 4.90 Å². The second kappa shape index (κ2) is 9.03. The first-order valence-electron chi connectivity index (χ1n) is 10.1. The summed E-state index contributed by atoms with van der Waals surface area (Å²) >= 11 is 5.93. The number of hydrogen-bond acceptors (Lipinski definition) is 3. The number of ether oxygens (including phenoxy) is 2. The molecule has 1 amide bonds. The van der Waals surface area contributed by atoms with Gasteiger partial charge in [-0.3, -0.25) is 4.79 Å². The minimum absolute atomic E-state index is 0.189. The number of benzene rings is 2. The molecule has 4 rings (SSSR count). The van der Waals surface area contributed by atoms with Crippen LogP contribution in [-0.4, -0.2) is 57.4 Å². The molecule has 6 nitrogen and oxygen atoms in total. The molecule has 0 saturated carbocycles. The van der Waals surface area contributed by atoms with Crippen molar-refractivity contribution >= 4 is 17.5 Å². The van der Waals surface area contributed by atoms with E-state index in [0.29, 0.717) is 24.9 Å². The van der Waals surface area contributed by atoms with E-state index in [4.69, 9.17) is 21.1 Å². The Kier molecular flexibility index (Phi) is 6.23. The first kappa shape index (κ1) is 20.0. The minimum atomic E-state index is 0.189. The molecule has 1 saturated heterocycles. The number of rotatable bonds is 6. The molecule has 2 aliphatic heterocycles. The van der Waals surface area contributed by atoms with E-state index in [9.17, 15) is 4.79 Å². The molecule has 2 aromatic rings. The Labute approximate surface area is 176 Å². The monoisotopic (exact) mass is 417 g/mol. The lowest BCUT2D eigenvalue weighted by atomic mass is 10.1. The van der Waals surface area contributed by atoms with Crippen molar-refractivity contribution < 1.29 is 24.1 Å². The maximum atomic E-state index is 12.6. The molecule has 0 unspecified atom stereocenters. The number of likely N-dealkylation sites (N-methyl/N-ethyl adjacent to an activating group) is 1. The molecule has 2 heterocycles. The number of nitrogens with one attached hydrogen (secondary N) is 2. The van der Waals surface area contributed by atoms with E-state index in [1.54, 1.807) is 4.90 Å². The lowest BCUT2D eigenvalue weighted by Gasteiger charge is -2.30. The standard InChI is InChI=1S/C22H26ClN3O3/c1-24(13-17-2-5-19(23)6-3-17)22(27)15-26-10-8-25(9-11-26)14-18-4-7-20-21(12-18)29-16-28-20/h2-7,12H,8-11,13-16H2,1H3/p+2. The molecule has 0 bridgehead atoms. The Balaban J connectivity index is 1.22. The van der Waals surface area contributed by atoms with Gasteiger partial charge in [-0.1, -0.05) is 23.7 Å². The van der Waals surface area contributed by atoms with Crippen molar-refractivity contribution in [3.63, 3.8) is 0 Å². The highest BCUT2D eigenvalue weighted by Gasteiger charge is 2.26. The summed E-state index contributed by atoms with van der Waals surface area (Å²) in [5.41, 5.74) is 2.37. The quantitative estimate of drug-likeness (QED) is 0.696. The molecule has 2 aromatic carbocycles. The summed E-state index contributed by atoms with van der Waals surface area (Å²) in [5, 5.41) is 0.716. The molecule has 2 N–H and O–H groups in total. The average Bonchev–Trinajstić information content (AvgIpc) is 3.19. The molecule has 29 heavy (non-hydrogen) atoms. The minimum Gasteiger partial charge on any atom is -0.454 e. The van der Waals surface area contributed by atoms with Crippen LogP contribution in [0.15, 0.2) is 42.5 Å². The highest BCUT2D eigenvalue weighted by molar-refractivity contribution is 6.30. The normalized spacial score (nSPS) is 20.5. The molecule has 0 atom stereocenters. The van der Waals surface area contributed by atoms with Crippen LogP contribution in [-0.2, 0) is 17.9 Å². The summed E-state index contributed by atoms with van der Waals surface area (Å²) in [6.07, 6.45) is 0. The molecule has 2 aliphatic rings. The number of carbonyl (C=O) groups excluding carboxylic acids is 1. The van der Waals surface area contributed by atoms with Crippen molar-refractivity contribution in [1.29, 1.82) is 0 Å². The zero-order valence-corrected chi connectivity index (χ0v) is 17.5. The van der Waals surface area contributed by atoms with Gasteiger partial charge in [0, 0.05) is 24.2 Å². The molecule has 7 heteroatoms. The van der Waals surface area contributed by atoms with E-state index < -0.39 is 0 Å². The maximum absolute atomic E-state index is 12.6. The summed E-state index contributed by atoms with van der Waals surface area (Å²) in [7, 11) is 1.87. The van der Waals surface area contributed by atoms with Gasteiger partial charge in [0.15, 0.2) is 18.0 Å². The van der Waals surface area contributed by atoms with Crippen molar-refractivity contribution in [3.05, 3.63) is 58.6 Å². The van der Waals surface area contributed by atoms with Crippen LogP contribution >= 0.6 is 11.6 Å². The lowest BCUT2D eigenvalue weighted by molar-refractivity contribution is -1.02. The topological polar surface area (TPSA) is 47.7 Å². The van der Waals surface area contributed by atoms with E-state index in [0.717, 1.165) is 49.8 Å². The largest absolute Gasteiger partial charge is 0.454 e. The van der Waals surface area contributed by atoms with Crippen LogP contribution in [0, 0.1) is 0 Å². The van der Waals surface area contributed by atoms with Gasteiger partial charge < -0.3 is 24.2 Å². The third-order valence-electron chi connectivity index (χ3n) is 5.72. The number of fused-ring (bicyclic) bond motifs is 1. The number of amides is 1. The summed E-state index contributed by atoms with van der Waals surface area (Å²) in [4.78, 5) is 17.3. The Hall–Kier alpha value is -2.28. The number of piperazine rings is 1. The Morgan fingerprint density at radius 3 is 2.38 bits per heavy atom. The fraction of sp³-hybridized carbons (Fsp3) is 0.409. The van der Waals surface area contributed by atoms with Gasteiger partial charge in [-0.2, -0.15) is 0 Å². The maximum Gasteiger partial charge on any atom is 0.277 e. The number of hydrogen-bond donors (Lipinski definition) is 2. The molecule has 154 valence electrons. The highest BCUT2D eigenvalue weighted by Crippen LogP contribution is 2.32. The van der Waals surface area contributed by atoms with E-state index in [-0.39, 0.29) is 5.91 Å². The number of halogens is 1. The smallest absolute Gasteiger partial charge is 0.277 e. The van der Waals surface area contributed by atoms with E-state index in [1.165, 1.54) is 10.5 Å². The van der Waals surface area contributed by atoms with E-state index >= 15 is 0 Å². The van der Waals surface area contributed by atoms with Gasteiger partial charge in [-0.15, -0.1) is 0 Å².